The molecule has 1 aromatic rings. The Kier molecular flexibility index (Phi) is 3.79. The van der Waals surface area contributed by atoms with Crippen LogP contribution < -0.4 is 10.6 Å². The van der Waals surface area contributed by atoms with Crippen LogP contribution >= 0.6 is 0 Å². The lowest BCUT2D eigenvalue weighted by atomic mass is 9.81. The van der Waals surface area contributed by atoms with Crippen molar-refractivity contribution in [2.75, 3.05) is 18.4 Å². The summed E-state index contributed by atoms with van der Waals surface area (Å²) in [7, 11) is 0. The van der Waals surface area contributed by atoms with E-state index in [0.717, 1.165) is 38.0 Å². The molecule has 1 fully saturated rings. The first-order valence-electron chi connectivity index (χ1n) is 6.34. The van der Waals surface area contributed by atoms with Crippen molar-refractivity contribution in [1.82, 2.24) is 5.32 Å². The monoisotopic (exact) mass is 232 g/mol. The maximum absolute atomic E-state index is 12.4. The van der Waals surface area contributed by atoms with Gasteiger partial charge >= 0.3 is 0 Å². The van der Waals surface area contributed by atoms with E-state index in [2.05, 4.69) is 17.6 Å². The Morgan fingerprint density at radius 3 is 2.76 bits per heavy atom. The molecule has 1 heterocycles. The number of carbonyl (C=O) groups is 1. The SMILES string of the molecule is CCCC1(C(=O)Nc2ccccc2)CCNC1. The lowest BCUT2D eigenvalue weighted by Gasteiger charge is -2.26. The van der Waals surface area contributed by atoms with E-state index < -0.39 is 0 Å². The summed E-state index contributed by atoms with van der Waals surface area (Å²) in [5.74, 6) is 0.163. The predicted octanol–water partition coefficient (Wildman–Crippen LogP) is 2.40. The van der Waals surface area contributed by atoms with E-state index >= 15 is 0 Å². The van der Waals surface area contributed by atoms with Crippen LogP contribution in [-0.4, -0.2) is 19.0 Å². The molecule has 1 aliphatic heterocycles. The molecule has 1 aromatic carbocycles. The van der Waals surface area contributed by atoms with Crippen LogP contribution in [0.5, 0.6) is 0 Å². The molecule has 0 spiro atoms. The summed E-state index contributed by atoms with van der Waals surface area (Å²) in [5, 5.41) is 6.33. The van der Waals surface area contributed by atoms with Crippen LogP contribution in [0.3, 0.4) is 0 Å². The van der Waals surface area contributed by atoms with Gasteiger partial charge in [0.1, 0.15) is 0 Å². The van der Waals surface area contributed by atoms with E-state index in [4.69, 9.17) is 0 Å². The van der Waals surface area contributed by atoms with Gasteiger partial charge in [-0.3, -0.25) is 4.79 Å². The zero-order valence-corrected chi connectivity index (χ0v) is 10.3. The van der Waals surface area contributed by atoms with Gasteiger partial charge in [-0.05, 0) is 31.5 Å². The third-order valence-electron chi connectivity index (χ3n) is 3.49. The molecule has 2 N–H and O–H groups in total. The van der Waals surface area contributed by atoms with Crippen molar-refractivity contribution < 1.29 is 4.79 Å². The fourth-order valence-electron chi connectivity index (χ4n) is 2.53. The van der Waals surface area contributed by atoms with Crippen LogP contribution in [0, 0.1) is 5.41 Å². The number of carbonyl (C=O) groups excluding carboxylic acids is 1. The van der Waals surface area contributed by atoms with E-state index in [1.807, 2.05) is 30.3 Å². The normalized spacial score (nSPS) is 23.6. The average Bonchev–Trinajstić information content (AvgIpc) is 2.81. The second kappa shape index (κ2) is 5.32. The number of benzene rings is 1. The van der Waals surface area contributed by atoms with Crippen molar-refractivity contribution in [2.45, 2.75) is 26.2 Å². The Hall–Kier alpha value is -1.35. The predicted molar refractivity (Wildman–Crippen MR) is 69.9 cm³/mol. The largest absolute Gasteiger partial charge is 0.326 e. The van der Waals surface area contributed by atoms with Gasteiger partial charge in [0, 0.05) is 12.2 Å². The van der Waals surface area contributed by atoms with Crippen LogP contribution in [0.15, 0.2) is 30.3 Å². The van der Waals surface area contributed by atoms with Crippen molar-refractivity contribution in [3.63, 3.8) is 0 Å². The minimum atomic E-state index is -0.204. The van der Waals surface area contributed by atoms with Gasteiger partial charge in [-0.1, -0.05) is 31.5 Å². The smallest absolute Gasteiger partial charge is 0.231 e. The highest BCUT2D eigenvalue weighted by molar-refractivity contribution is 5.95. The van der Waals surface area contributed by atoms with Gasteiger partial charge in [0.25, 0.3) is 0 Å². The molecule has 3 nitrogen and oxygen atoms in total. The summed E-state index contributed by atoms with van der Waals surface area (Å²) >= 11 is 0. The maximum atomic E-state index is 12.4. The van der Waals surface area contributed by atoms with E-state index in [-0.39, 0.29) is 11.3 Å². The van der Waals surface area contributed by atoms with Gasteiger partial charge in [-0.2, -0.15) is 0 Å². The lowest BCUT2D eigenvalue weighted by Crippen LogP contribution is -2.38. The summed E-state index contributed by atoms with van der Waals surface area (Å²) < 4.78 is 0. The van der Waals surface area contributed by atoms with Gasteiger partial charge < -0.3 is 10.6 Å². The number of rotatable bonds is 4. The molecule has 17 heavy (non-hydrogen) atoms. The Bertz CT molecular complexity index is 369. The summed E-state index contributed by atoms with van der Waals surface area (Å²) in [4.78, 5) is 12.4. The highest BCUT2D eigenvalue weighted by atomic mass is 16.2. The Morgan fingerprint density at radius 1 is 1.41 bits per heavy atom. The van der Waals surface area contributed by atoms with Crippen LogP contribution in [0.1, 0.15) is 26.2 Å². The minimum absolute atomic E-state index is 0.163. The molecule has 1 aliphatic rings. The van der Waals surface area contributed by atoms with Gasteiger partial charge in [0.05, 0.1) is 5.41 Å². The van der Waals surface area contributed by atoms with Crippen LogP contribution in [0.2, 0.25) is 0 Å². The first-order valence-corrected chi connectivity index (χ1v) is 6.34. The minimum Gasteiger partial charge on any atom is -0.326 e. The molecule has 0 saturated carbocycles. The summed E-state index contributed by atoms with van der Waals surface area (Å²) in [6.07, 6.45) is 2.95. The first-order chi connectivity index (χ1) is 8.27. The fraction of sp³-hybridized carbons (Fsp3) is 0.500. The topological polar surface area (TPSA) is 41.1 Å². The van der Waals surface area contributed by atoms with Crippen LogP contribution in [0.4, 0.5) is 5.69 Å². The van der Waals surface area contributed by atoms with Gasteiger partial charge in [0.15, 0.2) is 0 Å². The molecule has 0 aromatic heterocycles. The van der Waals surface area contributed by atoms with E-state index in [1.165, 1.54) is 0 Å². The standard InChI is InChI=1S/C14H20N2O/c1-2-8-14(9-10-15-11-14)13(17)16-12-6-4-3-5-7-12/h3-7,15H,2,8-11H2,1H3,(H,16,17). The van der Waals surface area contributed by atoms with Crippen LogP contribution in [0.25, 0.3) is 0 Å². The molecule has 3 heteroatoms. The van der Waals surface area contributed by atoms with E-state index in [1.54, 1.807) is 0 Å². The van der Waals surface area contributed by atoms with Crippen molar-refractivity contribution in [3.8, 4) is 0 Å². The number of anilines is 1. The Labute approximate surface area is 103 Å². The lowest BCUT2D eigenvalue weighted by molar-refractivity contribution is -0.125. The number of hydrogen-bond donors (Lipinski definition) is 2. The van der Waals surface area contributed by atoms with Gasteiger partial charge in [-0.25, -0.2) is 0 Å². The average molecular weight is 232 g/mol. The van der Waals surface area contributed by atoms with E-state index in [9.17, 15) is 4.79 Å². The Morgan fingerprint density at radius 2 is 2.18 bits per heavy atom. The van der Waals surface area contributed by atoms with Crippen molar-refractivity contribution in [3.05, 3.63) is 30.3 Å². The zero-order valence-electron chi connectivity index (χ0n) is 10.3. The second-order valence-corrected chi connectivity index (χ2v) is 4.78. The number of para-hydroxylation sites is 1. The number of amides is 1. The summed E-state index contributed by atoms with van der Waals surface area (Å²) in [6, 6.07) is 9.69. The third kappa shape index (κ3) is 2.67. The molecule has 0 bridgehead atoms. The van der Waals surface area contributed by atoms with E-state index in [0.29, 0.717) is 0 Å². The third-order valence-corrected chi connectivity index (χ3v) is 3.49. The molecule has 1 amide bonds. The molecular weight excluding hydrogens is 212 g/mol. The van der Waals surface area contributed by atoms with Gasteiger partial charge in [-0.15, -0.1) is 0 Å². The quantitative estimate of drug-likeness (QED) is 0.837. The summed E-state index contributed by atoms with van der Waals surface area (Å²) in [6.45, 7) is 3.89. The van der Waals surface area contributed by atoms with Gasteiger partial charge in [0.2, 0.25) is 5.91 Å². The highest BCUT2D eigenvalue weighted by Gasteiger charge is 2.40. The molecule has 0 radical (unpaired) electrons. The zero-order chi connectivity index (χ0) is 12.1. The summed E-state index contributed by atoms with van der Waals surface area (Å²) in [5.41, 5.74) is 0.685. The molecule has 0 aliphatic carbocycles. The van der Waals surface area contributed by atoms with Crippen LogP contribution in [-0.2, 0) is 4.79 Å². The molecule has 92 valence electrons. The fourth-order valence-corrected chi connectivity index (χ4v) is 2.53. The van der Waals surface area contributed by atoms with Crippen molar-refractivity contribution >= 4 is 11.6 Å². The first kappa shape index (κ1) is 12.1. The molecule has 2 rings (SSSR count). The Balaban J connectivity index is 2.07. The van der Waals surface area contributed by atoms with Crippen molar-refractivity contribution in [1.29, 1.82) is 0 Å². The highest BCUT2D eigenvalue weighted by Crippen LogP contribution is 2.32. The van der Waals surface area contributed by atoms with Crippen molar-refractivity contribution in [2.24, 2.45) is 5.41 Å². The second-order valence-electron chi connectivity index (χ2n) is 4.78. The number of nitrogens with one attached hydrogen (secondary N) is 2. The molecule has 1 atom stereocenters. The maximum Gasteiger partial charge on any atom is 0.231 e. The number of hydrogen-bond acceptors (Lipinski definition) is 2. The molecule has 1 unspecified atom stereocenters. The molecular formula is C14H20N2O. The molecule has 1 saturated heterocycles.